The Kier molecular flexibility index (Phi) is 18.9. The number of Topliss-reactive ketones (excluding diaryl/α,β-unsaturated/α-hetero) is 1. The highest BCUT2D eigenvalue weighted by Gasteiger charge is 2.45. The van der Waals surface area contributed by atoms with Gasteiger partial charge >= 0.3 is 5.97 Å². The third-order valence-corrected chi connectivity index (χ3v) is 26.5. The molecule has 0 spiro atoms. The van der Waals surface area contributed by atoms with E-state index in [2.05, 4.69) is 162 Å². The predicted molar refractivity (Wildman–Crippen MR) is 237 cm³/mol. The van der Waals surface area contributed by atoms with Crippen LogP contribution in [-0.4, -0.2) is 61.6 Å². The fourth-order valence-electron chi connectivity index (χ4n) is 5.35. The van der Waals surface area contributed by atoms with Gasteiger partial charge in [0.1, 0.15) is 5.92 Å². The first kappa shape index (κ1) is 50.1. The van der Waals surface area contributed by atoms with E-state index < -0.39 is 42.8 Å². The average Bonchev–Trinajstić information content (AvgIpc) is 2.99. The second kappa shape index (κ2) is 20.0. The minimum atomic E-state index is -2.26. The van der Waals surface area contributed by atoms with Crippen LogP contribution in [0.15, 0.2) is 46.5 Å². The molecule has 0 amide bonds. The Morgan fingerprint density at radius 2 is 1.26 bits per heavy atom. The maximum Gasteiger partial charge on any atom is 0.316 e. The zero-order valence-electron chi connectivity index (χ0n) is 37.3. The first-order chi connectivity index (χ1) is 23.9. The predicted octanol–water partition coefficient (Wildman–Crippen LogP) is 13.1. The number of ketones is 1. The third-order valence-electron chi connectivity index (χ3n) is 12.4. The molecule has 6 nitrogen and oxygen atoms in total. The van der Waals surface area contributed by atoms with Crippen molar-refractivity contribution in [2.24, 2.45) is 17.8 Å². The van der Waals surface area contributed by atoms with Crippen molar-refractivity contribution in [1.29, 1.82) is 0 Å². The molecule has 53 heavy (non-hydrogen) atoms. The molecule has 10 heteroatoms. The lowest BCUT2D eigenvalue weighted by atomic mass is 9.85. The normalized spacial score (nSPS) is 29.1. The van der Waals surface area contributed by atoms with Crippen LogP contribution in [0.4, 0.5) is 0 Å². The SMILES string of the molecule is CCOC(=O)C1C/C=C/[C@H](O[Si](C)(C)C(C)(C)C)[C@@H](C)[C@H](O[Si](C)(C)C(C)(C)C)/C=C/C(Br)=C\C/C=C(/C)CCC(O[Si](C)(C)C(C)(C)C)[C@@H](C)C1=O. The number of hydrogen-bond donors (Lipinski definition) is 0. The first-order valence-corrected chi connectivity index (χ1v) is 29.5. The molecule has 0 bridgehead atoms. The molecule has 0 aliphatic heterocycles. The summed E-state index contributed by atoms with van der Waals surface area (Å²) >= 11 is 3.82. The van der Waals surface area contributed by atoms with Gasteiger partial charge in [0.2, 0.25) is 0 Å². The van der Waals surface area contributed by atoms with Crippen molar-refractivity contribution in [3.8, 4) is 0 Å². The molecule has 0 aromatic heterocycles. The molecule has 1 aliphatic carbocycles. The maximum absolute atomic E-state index is 14.5. The Labute approximate surface area is 337 Å². The quantitative estimate of drug-likeness (QED) is 0.105. The Hall–Kier alpha value is -0.889. The summed E-state index contributed by atoms with van der Waals surface area (Å²) in [4.78, 5) is 28.1. The smallest absolute Gasteiger partial charge is 0.316 e. The van der Waals surface area contributed by atoms with Gasteiger partial charge in [-0.1, -0.05) is 128 Å². The van der Waals surface area contributed by atoms with Crippen LogP contribution in [0, 0.1) is 17.8 Å². The second-order valence-corrected chi connectivity index (χ2v) is 35.1. The van der Waals surface area contributed by atoms with Crippen molar-refractivity contribution in [2.75, 3.05) is 6.61 Å². The number of hydrogen-bond acceptors (Lipinski definition) is 6. The summed E-state index contributed by atoms with van der Waals surface area (Å²) in [6, 6.07) is 0. The van der Waals surface area contributed by atoms with E-state index in [9.17, 15) is 9.59 Å². The van der Waals surface area contributed by atoms with E-state index in [-0.39, 0.29) is 58.2 Å². The first-order valence-electron chi connectivity index (χ1n) is 20.0. The van der Waals surface area contributed by atoms with Gasteiger partial charge in [0.15, 0.2) is 30.7 Å². The van der Waals surface area contributed by atoms with Gasteiger partial charge in [-0.15, -0.1) is 0 Å². The third kappa shape index (κ3) is 15.2. The average molecular weight is 856 g/mol. The Bertz CT molecular complexity index is 1330. The number of esters is 1. The number of rotatable bonds is 8. The zero-order chi connectivity index (χ0) is 41.4. The highest BCUT2D eigenvalue weighted by molar-refractivity contribution is 9.11. The summed E-state index contributed by atoms with van der Waals surface area (Å²) in [6.45, 7) is 42.1. The molecular weight excluding hydrogens is 777 g/mol. The van der Waals surface area contributed by atoms with Crippen LogP contribution >= 0.6 is 15.9 Å². The van der Waals surface area contributed by atoms with E-state index in [1.165, 1.54) is 5.57 Å². The molecule has 0 radical (unpaired) electrons. The Balaban J connectivity index is 3.97. The van der Waals surface area contributed by atoms with E-state index >= 15 is 0 Å². The number of allylic oxidation sites excluding steroid dienone is 6. The molecule has 0 saturated heterocycles. The van der Waals surface area contributed by atoms with Crippen LogP contribution in [0.1, 0.15) is 116 Å². The summed E-state index contributed by atoms with van der Waals surface area (Å²) < 4.78 is 27.9. The summed E-state index contributed by atoms with van der Waals surface area (Å²) in [7, 11) is -6.70. The topological polar surface area (TPSA) is 71.1 Å². The van der Waals surface area contributed by atoms with Crippen molar-refractivity contribution in [3.63, 3.8) is 0 Å². The largest absolute Gasteiger partial charge is 0.465 e. The lowest BCUT2D eigenvalue weighted by Gasteiger charge is -2.44. The minimum absolute atomic E-state index is 0.0160. The number of ether oxygens (including phenoxy) is 1. The molecule has 0 heterocycles. The second-order valence-electron chi connectivity index (χ2n) is 19.9. The Morgan fingerprint density at radius 1 is 0.792 bits per heavy atom. The van der Waals surface area contributed by atoms with Gasteiger partial charge in [0.25, 0.3) is 0 Å². The molecular formula is C43H79BrO6Si3. The van der Waals surface area contributed by atoms with Gasteiger partial charge in [0.05, 0.1) is 24.9 Å². The molecule has 2 unspecified atom stereocenters. The van der Waals surface area contributed by atoms with Crippen LogP contribution in [0.2, 0.25) is 54.4 Å². The van der Waals surface area contributed by atoms with Crippen LogP contribution < -0.4 is 0 Å². The van der Waals surface area contributed by atoms with E-state index in [0.29, 0.717) is 6.42 Å². The van der Waals surface area contributed by atoms with Crippen LogP contribution in [0.3, 0.4) is 0 Å². The Morgan fingerprint density at radius 3 is 1.74 bits per heavy atom. The molecule has 0 aromatic carbocycles. The molecule has 1 rings (SSSR count). The highest BCUT2D eigenvalue weighted by Crippen LogP contribution is 2.42. The van der Waals surface area contributed by atoms with Gasteiger partial charge in [-0.05, 0) is 100 Å². The molecule has 0 aromatic rings. The van der Waals surface area contributed by atoms with Crippen molar-refractivity contribution in [1.82, 2.24) is 0 Å². The van der Waals surface area contributed by atoms with Gasteiger partial charge < -0.3 is 18.0 Å². The number of carbonyl (C=O) groups is 2. The molecule has 0 saturated carbocycles. The standard InChI is InChI=1S/C43H79BrO6Si3/c1-20-47-40(46)35-25-22-26-36(48-51(14,15)41(5,6)7)32(3)37(49-52(16,17)42(8,9)10)30-28-34(44)24-21-23-31(2)27-29-38(33(4)39(35)45)50-53(18,19)43(11,12)13/h22-24,26,28,30,32-33,35-38H,20-21,25,27,29H2,1-19H3/b26-22+,30-28+,31-23-,34-24+/t32-,33-,35?,36+,37-,38?/m1/s1. The van der Waals surface area contributed by atoms with Crippen LogP contribution in [0.5, 0.6) is 0 Å². The molecule has 0 N–H and O–H groups in total. The number of halogens is 1. The van der Waals surface area contributed by atoms with E-state index in [1.54, 1.807) is 6.92 Å². The number of carbonyl (C=O) groups excluding carboxylic acids is 2. The van der Waals surface area contributed by atoms with Gasteiger partial charge in [0, 0.05) is 16.3 Å². The van der Waals surface area contributed by atoms with E-state index in [1.807, 2.05) is 13.0 Å². The van der Waals surface area contributed by atoms with Gasteiger partial charge in [-0.3, -0.25) is 9.59 Å². The van der Waals surface area contributed by atoms with Crippen LogP contribution in [0.25, 0.3) is 0 Å². The van der Waals surface area contributed by atoms with Gasteiger partial charge in [-0.25, -0.2) is 0 Å². The fourth-order valence-corrected chi connectivity index (χ4v) is 9.78. The lowest BCUT2D eigenvalue weighted by molar-refractivity contribution is -0.153. The maximum atomic E-state index is 14.5. The van der Waals surface area contributed by atoms with Gasteiger partial charge in [-0.2, -0.15) is 0 Å². The summed E-state index contributed by atoms with van der Waals surface area (Å²) in [5.74, 6) is -2.09. The van der Waals surface area contributed by atoms with Crippen molar-refractivity contribution in [2.45, 2.75) is 188 Å². The highest BCUT2D eigenvalue weighted by atomic mass is 79.9. The minimum Gasteiger partial charge on any atom is -0.465 e. The lowest BCUT2D eigenvalue weighted by Crippen LogP contribution is -2.49. The zero-order valence-corrected chi connectivity index (χ0v) is 41.9. The summed E-state index contributed by atoms with van der Waals surface area (Å²) in [6.07, 6.45) is 14.5. The van der Waals surface area contributed by atoms with E-state index in [4.69, 9.17) is 18.0 Å². The van der Waals surface area contributed by atoms with Crippen LogP contribution in [-0.2, 0) is 27.6 Å². The fraction of sp³-hybridized carbons (Fsp3) is 0.767. The molecule has 6 atom stereocenters. The molecule has 0 fully saturated rings. The molecule has 1 aliphatic rings. The summed E-state index contributed by atoms with van der Waals surface area (Å²) in [5.41, 5.74) is 1.25. The summed E-state index contributed by atoms with van der Waals surface area (Å²) in [5, 5.41) is -0.0324. The van der Waals surface area contributed by atoms with Crippen molar-refractivity contribution in [3.05, 3.63) is 46.5 Å². The van der Waals surface area contributed by atoms with E-state index in [0.717, 1.165) is 17.3 Å². The van der Waals surface area contributed by atoms with Crippen molar-refractivity contribution < 1.29 is 27.6 Å². The van der Waals surface area contributed by atoms with Crippen molar-refractivity contribution >= 4 is 52.6 Å². The molecule has 306 valence electrons. The monoisotopic (exact) mass is 854 g/mol.